The predicted molar refractivity (Wildman–Crippen MR) is 145 cm³/mol. The molecule has 0 spiro atoms. The molecule has 10 nitrogen and oxygen atoms in total. The summed E-state index contributed by atoms with van der Waals surface area (Å²) in [5.41, 5.74) is 0.223. The number of Topliss-reactive ketones (excluding diaryl/α,β-unsaturated/α-hetero) is 1. The van der Waals surface area contributed by atoms with E-state index in [4.69, 9.17) is 11.6 Å². The number of carbonyl (C=O) groups excluding carboxylic acids is 5. The summed E-state index contributed by atoms with van der Waals surface area (Å²) in [5, 5.41) is 11.2. The van der Waals surface area contributed by atoms with Gasteiger partial charge in [-0.3, -0.25) is 24.0 Å². The molecule has 0 heterocycles. The average molecular weight is 571 g/mol. The second-order valence-corrected chi connectivity index (χ2v) is 10.9. The highest BCUT2D eigenvalue weighted by Gasteiger charge is 2.33. The van der Waals surface area contributed by atoms with Crippen molar-refractivity contribution in [2.45, 2.75) is 84.5 Å². The summed E-state index contributed by atoms with van der Waals surface area (Å²) in [4.78, 5) is 58.8. The van der Waals surface area contributed by atoms with Gasteiger partial charge in [0.25, 0.3) is 12.4 Å². The van der Waals surface area contributed by atoms with Crippen molar-refractivity contribution < 1.29 is 33.1 Å². The lowest BCUT2D eigenvalue weighted by molar-refractivity contribution is -0.140. The zero-order chi connectivity index (χ0) is 29.6. The maximum absolute atomic E-state index is 12.9. The molecule has 0 bridgehead atoms. The van der Waals surface area contributed by atoms with Crippen molar-refractivity contribution in [1.82, 2.24) is 21.3 Å². The van der Waals surface area contributed by atoms with Crippen LogP contribution in [0.3, 0.4) is 0 Å². The van der Waals surface area contributed by atoms with Gasteiger partial charge in [-0.25, -0.2) is 4.39 Å². The van der Waals surface area contributed by atoms with Crippen molar-refractivity contribution in [1.29, 1.82) is 0 Å². The Labute approximate surface area is 234 Å². The highest BCUT2D eigenvalue weighted by molar-refractivity contribution is 6.38. The molecule has 218 valence electrons. The normalized spacial score (nSPS) is 14.1. The second-order valence-electron chi connectivity index (χ2n) is 10.4. The van der Waals surface area contributed by atoms with Crippen LogP contribution in [-0.2, 0) is 35.3 Å². The number of halogens is 2. The first-order chi connectivity index (χ1) is 18.3. The van der Waals surface area contributed by atoms with Crippen molar-refractivity contribution in [3.05, 3.63) is 34.6 Å². The van der Waals surface area contributed by atoms with Gasteiger partial charge in [-0.05, 0) is 57.2 Å². The van der Waals surface area contributed by atoms with Gasteiger partial charge in [0.1, 0.15) is 12.4 Å². The molecular formula is C27H40ClFN4O6. The number of ether oxygens (including phenoxy) is 1. The Morgan fingerprint density at radius 1 is 1.18 bits per heavy atom. The average Bonchev–Trinajstić information content (AvgIpc) is 3.68. The second kappa shape index (κ2) is 16.8. The number of nitrogens with one attached hydrogen (secondary N) is 4. The van der Waals surface area contributed by atoms with Crippen molar-refractivity contribution in [3.8, 4) is 0 Å². The predicted octanol–water partition coefficient (Wildman–Crippen LogP) is 2.41. The molecule has 0 saturated heterocycles. The zero-order valence-electron chi connectivity index (χ0n) is 23.2. The molecule has 39 heavy (non-hydrogen) atoms. The molecule has 0 aromatic heterocycles. The molecule has 2 rings (SSSR count). The molecule has 1 aliphatic carbocycles. The minimum atomic E-state index is -1.02. The molecule has 1 aliphatic rings. The first-order valence-electron chi connectivity index (χ1n) is 12.9. The van der Waals surface area contributed by atoms with E-state index in [2.05, 4.69) is 26.0 Å². The smallest absolute Gasteiger partial charge is 0.293 e. The van der Waals surface area contributed by atoms with E-state index in [9.17, 15) is 28.4 Å². The van der Waals surface area contributed by atoms with E-state index >= 15 is 0 Å². The van der Waals surface area contributed by atoms with Gasteiger partial charge in [0.2, 0.25) is 17.6 Å². The first kappa shape index (κ1) is 34.0. The molecule has 4 N–H and O–H groups in total. The Morgan fingerprint density at radius 3 is 2.36 bits per heavy atom. The van der Waals surface area contributed by atoms with Crippen LogP contribution in [0.25, 0.3) is 0 Å². The summed E-state index contributed by atoms with van der Waals surface area (Å²) in [6, 6.07) is 2.72. The van der Waals surface area contributed by atoms with Crippen LogP contribution in [0.2, 0.25) is 5.02 Å². The van der Waals surface area contributed by atoms with Gasteiger partial charge < -0.3 is 26.0 Å². The summed E-state index contributed by atoms with van der Waals surface area (Å²) in [6.07, 6.45) is 2.44. The third-order valence-electron chi connectivity index (χ3n) is 5.61. The minimum absolute atomic E-state index is 0.0483. The van der Waals surface area contributed by atoms with Crippen LogP contribution in [0.1, 0.15) is 65.4 Å². The van der Waals surface area contributed by atoms with E-state index in [1.165, 1.54) is 18.2 Å². The third kappa shape index (κ3) is 14.1. The zero-order valence-corrected chi connectivity index (χ0v) is 24.0. The van der Waals surface area contributed by atoms with Gasteiger partial charge in [0.15, 0.2) is 0 Å². The van der Waals surface area contributed by atoms with E-state index in [1.807, 2.05) is 20.8 Å². The first-order valence-corrected chi connectivity index (χ1v) is 13.3. The monoisotopic (exact) mass is 570 g/mol. The van der Waals surface area contributed by atoms with Crippen LogP contribution in [0.5, 0.6) is 0 Å². The van der Waals surface area contributed by atoms with Crippen LogP contribution >= 0.6 is 11.6 Å². The van der Waals surface area contributed by atoms with Crippen LogP contribution in [0.4, 0.5) is 4.39 Å². The Hall–Kier alpha value is -3.05. The summed E-state index contributed by atoms with van der Waals surface area (Å²) in [6.45, 7) is 8.55. The highest BCUT2D eigenvalue weighted by Crippen LogP contribution is 2.21. The number of amides is 3. The molecule has 0 radical (unpaired) electrons. The minimum Gasteiger partial charge on any atom is -0.463 e. The van der Waals surface area contributed by atoms with Gasteiger partial charge in [-0.15, -0.1) is 0 Å². The lowest BCUT2D eigenvalue weighted by Gasteiger charge is -2.26. The van der Waals surface area contributed by atoms with Gasteiger partial charge >= 0.3 is 0 Å². The number of carbonyl (C=O) groups is 5. The van der Waals surface area contributed by atoms with Crippen molar-refractivity contribution in [2.24, 2.45) is 5.41 Å². The number of ketones is 1. The SMILES string of the molecule is CCNC(=O)CCC(NC(=O)C(CC(C)(C)C)NC)C(=O)C(=O)NC1CC1.O=COCc1ccc(Cl)cc1F. The van der Waals surface area contributed by atoms with Crippen molar-refractivity contribution >= 4 is 41.6 Å². The molecule has 1 aromatic carbocycles. The van der Waals surface area contributed by atoms with Crippen LogP contribution in [-0.4, -0.2) is 61.7 Å². The largest absolute Gasteiger partial charge is 0.463 e. The topological polar surface area (TPSA) is 143 Å². The Kier molecular flexibility index (Phi) is 14.6. The van der Waals surface area contributed by atoms with Gasteiger partial charge in [0, 0.05) is 29.6 Å². The highest BCUT2D eigenvalue weighted by atomic mass is 35.5. The van der Waals surface area contributed by atoms with Crippen LogP contribution < -0.4 is 21.3 Å². The summed E-state index contributed by atoms with van der Waals surface area (Å²) in [5.74, 6) is -2.43. The Morgan fingerprint density at radius 2 is 1.85 bits per heavy atom. The fourth-order valence-corrected chi connectivity index (χ4v) is 3.60. The van der Waals surface area contributed by atoms with E-state index in [-0.39, 0.29) is 49.2 Å². The lowest BCUT2D eigenvalue weighted by Crippen LogP contribution is -2.53. The quantitative estimate of drug-likeness (QED) is 0.199. The molecule has 0 aliphatic heterocycles. The summed E-state index contributed by atoms with van der Waals surface area (Å²) in [7, 11) is 1.68. The number of benzene rings is 1. The molecular weight excluding hydrogens is 531 g/mol. The summed E-state index contributed by atoms with van der Waals surface area (Å²) >= 11 is 5.50. The van der Waals surface area contributed by atoms with Crippen LogP contribution in [0, 0.1) is 11.2 Å². The third-order valence-corrected chi connectivity index (χ3v) is 5.84. The van der Waals surface area contributed by atoms with Gasteiger partial charge in [-0.2, -0.15) is 0 Å². The van der Waals surface area contributed by atoms with Gasteiger partial charge in [-0.1, -0.05) is 38.4 Å². The van der Waals surface area contributed by atoms with Crippen molar-refractivity contribution in [2.75, 3.05) is 13.6 Å². The van der Waals surface area contributed by atoms with E-state index < -0.39 is 29.6 Å². The fraction of sp³-hybridized carbons (Fsp3) is 0.593. The number of rotatable bonds is 14. The maximum Gasteiger partial charge on any atom is 0.293 e. The molecule has 1 fully saturated rings. The van der Waals surface area contributed by atoms with Crippen molar-refractivity contribution in [3.63, 3.8) is 0 Å². The molecule has 2 unspecified atom stereocenters. The Bertz CT molecular complexity index is 997. The number of likely N-dealkylation sites (N-methyl/N-ethyl adjacent to an activating group) is 1. The number of hydrogen-bond donors (Lipinski definition) is 4. The molecule has 2 atom stereocenters. The Balaban J connectivity index is 0.000000525. The fourth-order valence-electron chi connectivity index (χ4n) is 3.45. The molecule has 1 saturated carbocycles. The lowest BCUT2D eigenvalue weighted by atomic mass is 9.87. The summed E-state index contributed by atoms with van der Waals surface area (Å²) < 4.78 is 17.3. The molecule has 1 aromatic rings. The number of hydrogen-bond acceptors (Lipinski definition) is 7. The van der Waals surface area contributed by atoms with E-state index in [0.29, 0.717) is 23.6 Å². The molecule has 12 heteroatoms. The van der Waals surface area contributed by atoms with E-state index in [0.717, 1.165) is 12.8 Å². The van der Waals surface area contributed by atoms with Crippen LogP contribution in [0.15, 0.2) is 18.2 Å². The standard InChI is InChI=1S/C19H34N4O4.C8H6ClFO2/c1-6-21-15(24)10-9-13(16(25)18(27)22-12-7-8-12)23-17(26)14(20-5)11-19(2,3)4;9-7-2-1-6(4-12-5-11)8(10)3-7/h12-14,20H,6-11H2,1-5H3,(H,21,24)(H,22,27)(H,23,26);1-3,5H,4H2. The maximum atomic E-state index is 12.9. The van der Waals surface area contributed by atoms with E-state index in [1.54, 1.807) is 14.0 Å². The molecule has 3 amide bonds. The van der Waals surface area contributed by atoms with Gasteiger partial charge in [0.05, 0.1) is 12.1 Å².